The maximum atomic E-state index is 13.0. The number of rotatable bonds is 4. The zero-order valence-corrected chi connectivity index (χ0v) is 9.33. The van der Waals surface area contributed by atoms with Crippen LogP contribution >= 0.6 is 0 Å². The van der Waals surface area contributed by atoms with Crippen LogP contribution in [0.2, 0.25) is 0 Å². The lowest BCUT2D eigenvalue weighted by Gasteiger charge is -2.14. The van der Waals surface area contributed by atoms with Crippen LogP contribution in [0.5, 0.6) is 5.75 Å². The van der Waals surface area contributed by atoms with E-state index in [-0.39, 0.29) is 5.82 Å². The number of hydrogen-bond donors (Lipinski definition) is 1. The fourth-order valence-corrected chi connectivity index (χ4v) is 1.23. The summed E-state index contributed by atoms with van der Waals surface area (Å²) in [4.78, 5) is 0. The van der Waals surface area contributed by atoms with Crippen molar-refractivity contribution in [3.63, 3.8) is 0 Å². The second-order valence-electron chi connectivity index (χ2n) is 4.06. The molecule has 0 aliphatic carbocycles. The van der Waals surface area contributed by atoms with Crippen LogP contribution in [0.4, 0.5) is 4.39 Å². The summed E-state index contributed by atoms with van der Waals surface area (Å²) in [6.45, 7) is 6.18. The highest BCUT2D eigenvalue weighted by molar-refractivity contribution is 5.35. The fraction of sp³-hybridized carbons (Fsp3) is 0.500. The van der Waals surface area contributed by atoms with Gasteiger partial charge in [0.15, 0.2) is 0 Å². The first-order valence-electron chi connectivity index (χ1n) is 5.11. The van der Waals surface area contributed by atoms with Crippen LogP contribution in [0.15, 0.2) is 18.2 Å². The molecule has 0 amide bonds. The van der Waals surface area contributed by atoms with E-state index in [1.54, 1.807) is 13.0 Å². The van der Waals surface area contributed by atoms with Gasteiger partial charge < -0.3 is 9.84 Å². The van der Waals surface area contributed by atoms with E-state index in [2.05, 4.69) is 0 Å². The predicted molar refractivity (Wildman–Crippen MR) is 57.4 cm³/mol. The first kappa shape index (κ1) is 12.0. The van der Waals surface area contributed by atoms with Gasteiger partial charge in [0.25, 0.3) is 0 Å². The van der Waals surface area contributed by atoms with Crippen LogP contribution in [-0.2, 0) is 0 Å². The van der Waals surface area contributed by atoms with E-state index >= 15 is 0 Å². The summed E-state index contributed by atoms with van der Waals surface area (Å²) in [5.74, 6) is 0.451. The topological polar surface area (TPSA) is 29.5 Å². The number of aliphatic hydroxyl groups excluding tert-OH is 1. The van der Waals surface area contributed by atoms with Crippen molar-refractivity contribution in [1.82, 2.24) is 0 Å². The van der Waals surface area contributed by atoms with E-state index in [0.717, 1.165) is 0 Å². The standard InChI is InChI=1S/C12H17FO2/c1-8(2)7-15-12-6-10(13)4-5-11(12)9(3)14/h4-6,8-9,14H,7H2,1-3H3. The van der Waals surface area contributed by atoms with E-state index < -0.39 is 6.10 Å². The molecule has 2 nitrogen and oxygen atoms in total. The van der Waals surface area contributed by atoms with E-state index in [9.17, 15) is 9.50 Å². The fourth-order valence-electron chi connectivity index (χ4n) is 1.23. The van der Waals surface area contributed by atoms with Crippen molar-refractivity contribution in [3.05, 3.63) is 29.6 Å². The second-order valence-corrected chi connectivity index (χ2v) is 4.06. The van der Waals surface area contributed by atoms with Crippen molar-refractivity contribution in [1.29, 1.82) is 0 Å². The van der Waals surface area contributed by atoms with Gasteiger partial charge in [-0.3, -0.25) is 0 Å². The van der Waals surface area contributed by atoms with Gasteiger partial charge in [-0.2, -0.15) is 0 Å². The number of aliphatic hydroxyl groups is 1. The van der Waals surface area contributed by atoms with Crippen molar-refractivity contribution in [2.45, 2.75) is 26.9 Å². The van der Waals surface area contributed by atoms with Crippen LogP contribution in [0.25, 0.3) is 0 Å². The zero-order chi connectivity index (χ0) is 11.4. The molecule has 0 bridgehead atoms. The van der Waals surface area contributed by atoms with Crippen LogP contribution in [0, 0.1) is 11.7 Å². The SMILES string of the molecule is CC(C)COc1cc(F)ccc1C(C)O. The van der Waals surface area contributed by atoms with Crippen LogP contribution in [0.3, 0.4) is 0 Å². The van der Waals surface area contributed by atoms with Crippen LogP contribution in [-0.4, -0.2) is 11.7 Å². The van der Waals surface area contributed by atoms with Crippen molar-refractivity contribution < 1.29 is 14.2 Å². The number of benzene rings is 1. The van der Waals surface area contributed by atoms with Gasteiger partial charge in [-0.25, -0.2) is 4.39 Å². The minimum atomic E-state index is -0.646. The van der Waals surface area contributed by atoms with Crippen LogP contribution in [0.1, 0.15) is 32.4 Å². The molecule has 84 valence electrons. The van der Waals surface area contributed by atoms with E-state index in [1.165, 1.54) is 12.1 Å². The molecular formula is C12H17FO2. The molecular weight excluding hydrogens is 195 g/mol. The first-order valence-corrected chi connectivity index (χ1v) is 5.11. The highest BCUT2D eigenvalue weighted by Gasteiger charge is 2.10. The molecule has 0 spiro atoms. The maximum Gasteiger partial charge on any atom is 0.128 e. The maximum absolute atomic E-state index is 13.0. The van der Waals surface area contributed by atoms with Gasteiger partial charge in [0.05, 0.1) is 12.7 Å². The highest BCUT2D eigenvalue weighted by Crippen LogP contribution is 2.26. The van der Waals surface area contributed by atoms with Gasteiger partial charge in [0.2, 0.25) is 0 Å². The lowest BCUT2D eigenvalue weighted by molar-refractivity contribution is 0.187. The van der Waals surface area contributed by atoms with Crippen molar-refractivity contribution in [2.75, 3.05) is 6.61 Å². The lowest BCUT2D eigenvalue weighted by atomic mass is 10.1. The number of hydrogen-bond acceptors (Lipinski definition) is 2. The average molecular weight is 212 g/mol. The summed E-state index contributed by atoms with van der Waals surface area (Å²) in [5, 5.41) is 9.46. The summed E-state index contributed by atoms with van der Waals surface area (Å²) in [6.07, 6.45) is -0.646. The van der Waals surface area contributed by atoms with Crippen molar-refractivity contribution >= 4 is 0 Å². The monoisotopic (exact) mass is 212 g/mol. The van der Waals surface area contributed by atoms with Gasteiger partial charge in [-0.15, -0.1) is 0 Å². The molecule has 1 atom stereocenters. The summed E-state index contributed by atoms with van der Waals surface area (Å²) < 4.78 is 18.4. The van der Waals surface area contributed by atoms with E-state index in [0.29, 0.717) is 23.8 Å². The molecule has 1 aromatic carbocycles. The Balaban J connectivity index is 2.87. The van der Waals surface area contributed by atoms with Crippen LogP contribution < -0.4 is 4.74 Å². The van der Waals surface area contributed by atoms with Gasteiger partial charge in [0, 0.05) is 11.6 Å². The summed E-state index contributed by atoms with van der Waals surface area (Å²) in [6, 6.07) is 4.18. The molecule has 15 heavy (non-hydrogen) atoms. The molecule has 1 N–H and O–H groups in total. The Morgan fingerprint density at radius 2 is 2.00 bits per heavy atom. The summed E-state index contributed by atoms with van der Waals surface area (Å²) >= 11 is 0. The first-order chi connectivity index (χ1) is 7.00. The molecule has 0 aromatic heterocycles. The molecule has 1 unspecified atom stereocenters. The molecule has 0 aliphatic rings. The molecule has 0 heterocycles. The molecule has 0 radical (unpaired) electrons. The van der Waals surface area contributed by atoms with Gasteiger partial charge >= 0.3 is 0 Å². The Morgan fingerprint density at radius 1 is 1.33 bits per heavy atom. The highest BCUT2D eigenvalue weighted by atomic mass is 19.1. The smallest absolute Gasteiger partial charge is 0.128 e. The Labute approximate surface area is 89.7 Å². The third-order valence-corrected chi connectivity index (χ3v) is 2.00. The van der Waals surface area contributed by atoms with Crippen molar-refractivity contribution in [2.24, 2.45) is 5.92 Å². The quantitative estimate of drug-likeness (QED) is 0.831. The third-order valence-electron chi connectivity index (χ3n) is 2.00. The zero-order valence-electron chi connectivity index (χ0n) is 9.33. The van der Waals surface area contributed by atoms with E-state index in [1.807, 2.05) is 13.8 Å². The minimum Gasteiger partial charge on any atom is -0.493 e. The second kappa shape index (κ2) is 5.12. The van der Waals surface area contributed by atoms with Crippen molar-refractivity contribution in [3.8, 4) is 5.75 Å². The normalized spacial score (nSPS) is 12.9. The Kier molecular flexibility index (Phi) is 4.09. The van der Waals surface area contributed by atoms with Gasteiger partial charge in [-0.05, 0) is 25.0 Å². The Morgan fingerprint density at radius 3 is 2.53 bits per heavy atom. The number of ether oxygens (including phenoxy) is 1. The minimum absolute atomic E-state index is 0.349. The Bertz CT molecular complexity index is 321. The van der Waals surface area contributed by atoms with Gasteiger partial charge in [-0.1, -0.05) is 13.8 Å². The third kappa shape index (κ3) is 3.51. The van der Waals surface area contributed by atoms with Gasteiger partial charge in [0.1, 0.15) is 11.6 Å². The summed E-state index contributed by atoms with van der Waals surface area (Å²) in [7, 11) is 0. The summed E-state index contributed by atoms with van der Waals surface area (Å²) in [5.41, 5.74) is 0.622. The molecule has 1 aromatic rings. The molecule has 0 aliphatic heterocycles. The average Bonchev–Trinajstić information content (AvgIpc) is 2.14. The predicted octanol–water partition coefficient (Wildman–Crippen LogP) is 2.91. The molecule has 1 rings (SSSR count). The molecule has 0 saturated carbocycles. The Hall–Kier alpha value is -1.09. The van der Waals surface area contributed by atoms with E-state index in [4.69, 9.17) is 4.74 Å². The number of halogens is 1. The largest absolute Gasteiger partial charge is 0.493 e. The molecule has 3 heteroatoms. The molecule has 0 fully saturated rings. The lowest BCUT2D eigenvalue weighted by Crippen LogP contribution is -2.07. The molecule has 0 saturated heterocycles.